The fourth-order valence-electron chi connectivity index (χ4n) is 1.99. The summed E-state index contributed by atoms with van der Waals surface area (Å²) >= 11 is 0. The summed E-state index contributed by atoms with van der Waals surface area (Å²) in [6, 6.07) is 16.2. The molecule has 0 saturated heterocycles. The van der Waals surface area contributed by atoms with Crippen molar-refractivity contribution in [2.75, 3.05) is 0 Å². The third kappa shape index (κ3) is 3.03. The van der Waals surface area contributed by atoms with Crippen LogP contribution in [-0.4, -0.2) is 16.1 Å². The molecular weight excluding hydrogens is 280 g/mol. The number of hydrogen-bond donors (Lipinski definition) is 0. The van der Waals surface area contributed by atoms with Gasteiger partial charge >= 0.3 is 0 Å². The van der Waals surface area contributed by atoms with E-state index in [9.17, 15) is 4.79 Å². The maximum absolute atomic E-state index is 12.3. The van der Waals surface area contributed by atoms with Gasteiger partial charge in [-0.1, -0.05) is 40.6 Å². The zero-order valence-electron chi connectivity index (χ0n) is 12.0. The number of benzene rings is 2. The predicted molar refractivity (Wildman–Crippen MR) is 79.7 cm³/mol. The lowest BCUT2D eigenvalue weighted by Gasteiger charge is -2.05. The predicted octanol–water partition coefficient (Wildman–Crippen LogP) is 3.19. The van der Waals surface area contributed by atoms with Crippen LogP contribution in [0.2, 0.25) is 0 Å². The van der Waals surface area contributed by atoms with Crippen LogP contribution < -0.4 is 4.74 Å². The third-order valence-electron chi connectivity index (χ3n) is 3.27. The van der Waals surface area contributed by atoms with Gasteiger partial charge in [0.2, 0.25) is 0 Å². The topological polar surface area (TPSA) is 65.2 Å². The van der Waals surface area contributed by atoms with Gasteiger partial charge in [-0.3, -0.25) is 4.79 Å². The number of ketones is 1. The summed E-state index contributed by atoms with van der Waals surface area (Å²) in [4.78, 5) is 12.3. The third-order valence-corrected chi connectivity index (χ3v) is 3.27. The number of rotatable bonds is 5. The van der Waals surface area contributed by atoms with Gasteiger partial charge in [0.15, 0.2) is 5.78 Å². The molecule has 22 heavy (non-hydrogen) atoms. The van der Waals surface area contributed by atoms with Crippen molar-refractivity contribution < 1.29 is 14.2 Å². The van der Waals surface area contributed by atoms with E-state index in [1.807, 2.05) is 18.2 Å². The zero-order valence-corrected chi connectivity index (χ0v) is 12.0. The van der Waals surface area contributed by atoms with Gasteiger partial charge in [-0.25, -0.2) is 4.63 Å². The maximum Gasteiger partial charge on any atom is 0.193 e. The van der Waals surface area contributed by atoms with Crippen LogP contribution in [0, 0.1) is 6.92 Å². The lowest BCUT2D eigenvalue weighted by Crippen LogP contribution is -2.01. The van der Waals surface area contributed by atoms with Gasteiger partial charge in [0.05, 0.1) is 0 Å². The summed E-state index contributed by atoms with van der Waals surface area (Å²) in [5, 5.41) is 7.44. The number of aryl methyl sites for hydroxylation is 1. The van der Waals surface area contributed by atoms with Crippen molar-refractivity contribution in [3.05, 3.63) is 77.1 Å². The molecule has 0 radical (unpaired) electrons. The summed E-state index contributed by atoms with van der Waals surface area (Å²) in [5.74, 6) is 0.649. The van der Waals surface area contributed by atoms with E-state index >= 15 is 0 Å². The van der Waals surface area contributed by atoms with E-state index in [4.69, 9.17) is 4.74 Å². The van der Waals surface area contributed by atoms with Gasteiger partial charge in [-0.2, -0.15) is 0 Å². The Bertz CT molecular complexity index is 764. The van der Waals surface area contributed by atoms with Crippen molar-refractivity contribution in [2.24, 2.45) is 0 Å². The lowest BCUT2D eigenvalue weighted by molar-refractivity contribution is 0.103. The van der Waals surface area contributed by atoms with E-state index in [0.29, 0.717) is 28.3 Å². The number of carbonyl (C=O) groups excluding carboxylic acids is 1. The average molecular weight is 294 g/mol. The molecule has 0 bridgehead atoms. The Kier molecular flexibility index (Phi) is 3.96. The first kappa shape index (κ1) is 14.0. The highest BCUT2D eigenvalue weighted by Crippen LogP contribution is 2.17. The molecule has 0 aliphatic carbocycles. The Balaban J connectivity index is 1.68. The number of hydrogen-bond acceptors (Lipinski definition) is 5. The molecule has 0 saturated carbocycles. The maximum atomic E-state index is 12.3. The van der Waals surface area contributed by atoms with Gasteiger partial charge in [0.25, 0.3) is 0 Å². The first-order valence-electron chi connectivity index (χ1n) is 6.84. The van der Waals surface area contributed by atoms with Crippen molar-refractivity contribution in [1.29, 1.82) is 0 Å². The SMILES string of the molecule is Cc1nonc1COc1ccc(C(=O)c2ccccc2)cc1. The smallest absolute Gasteiger partial charge is 0.193 e. The first-order valence-corrected chi connectivity index (χ1v) is 6.84. The Morgan fingerprint density at radius 2 is 1.68 bits per heavy atom. The van der Waals surface area contributed by atoms with Crippen molar-refractivity contribution in [2.45, 2.75) is 13.5 Å². The number of nitrogens with zero attached hydrogens (tertiary/aromatic N) is 2. The number of carbonyl (C=O) groups is 1. The minimum Gasteiger partial charge on any atom is -0.487 e. The Morgan fingerprint density at radius 1 is 1.00 bits per heavy atom. The molecule has 5 nitrogen and oxygen atoms in total. The summed E-state index contributed by atoms with van der Waals surface area (Å²) in [5.41, 5.74) is 2.65. The minimum atomic E-state index is -0.0105. The highest BCUT2D eigenvalue weighted by atomic mass is 16.6. The molecule has 0 atom stereocenters. The molecule has 110 valence electrons. The van der Waals surface area contributed by atoms with E-state index in [0.717, 1.165) is 0 Å². The van der Waals surface area contributed by atoms with E-state index in [-0.39, 0.29) is 12.4 Å². The van der Waals surface area contributed by atoms with Crippen LogP contribution in [-0.2, 0) is 6.61 Å². The van der Waals surface area contributed by atoms with E-state index in [2.05, 4.69) is 14.9 Å². The van der Waals surface area contributed by atoms with Crippen LogP contribution in [0.5, 0.6) is 5.75 Å². The molecule has 0 spiro atoms. The standard InChI is InChI=1S/C17H14N2O3/c1-12-16(19-22-18-12)11-21-15-9-7-14(8-10-15)17(20)13-5-3-2-4-6-13/h2-10H,11H2,1H3. The van der Waals surface area contributed by atoms with E-state index in [1.54, 1.807) is 43.3 Å². The molecule has 0 N–H and O–H groups in total. The second kappa shape index (κ2) is 6.22. The number of aromatic nitrogens is 2. The fourth-order valence-corrected chi connectivity index (χ4v) is 1.99. The minimum absolute atomic E-state index is 0.0105. The van der Waals surface area contributed by atoms with Gasteiger partial charge in [0.1, 0.15) is 23.7 Å². The second-order valence-corrected chi connectivity index (χ2v) is 4.80. The van der Waals surface area contributed by atoms with Crippen LogP contribution in [0.3, 0.4) is 0 Å². The van der Waals surface area contributed by atoms with Crippen molar-refractivity contribution in [1.82, 2.24) is 10.3 Å². The number of ether oxygens (including phenoxy) is 1. The van der Waals surface area contributed by atoms with Crippen LogP contribution in [0.4, 0.5) is 0 Å². The van der Waals surface area contributed by atoms with Crippen LogP contribution in [0.25, 0.3) is 0 Å². The van der Waals surface area contributed by atoms with Gasteiger partial charge in [0, 0.05) is 11.1 Å². The monoisotopic (exact) mass is 294 g/mol. The Morgan fingerprint density at radius 3 is 2.32 bits per heavy atom. The van der Waals surface area contributed by atoms with Crippen molar-refractivity contribution >= 4 is 5.78 Å². The largest absolute Gasteiger partial charge is 0.487 e. The molecule has 5 heteroatoms. The van der Waals surface area contributed by atoms with Gasteiger partial charge < -0.3 is 4.74 Å². The molecule has 0 aliphatic rings. The fraction of sp³-hybridized carbons (Fsp3) is 0.118. The quantitative estimate of drug-likeness (QED) is 0.676. The zero-order chi connectivity index (χ0) is 15.4. The first-order chi connectivity index (χ1) is 10.7. The molecule has 1 heterocycles. The Labute approximate surface area is 127 Å². The lowest BCUT2D eigenvalue weighted by atomic mass is 10.0. The Hall–Kier alpha value is -2.95. The molecule has 0 amide bonds. The van der Waals surface area contributed by atoms with E-state index in [1.165, 1.54) is 0 Å². The molecule has 1 aromatic heterocycles. The summed E-state index contributed by atoms with van der Waals surface area (Å²) in [6.07, 6.45) is 0. The van der Waals surface area contributed by atoms with Crippen molar-refractivity contribution in [3.8, 4) is 5.75 Å². The highest BCUT2D eigenvalue weighted by molar-refractivity contribution is 6.08. The average Bonchev–Trinajstić information content (AvgIpc) is 2.99. The van der Waals surface area contributed by atoms with Crippen LogP contribution in [0.15, 0.2) is 59.2 Å². The van der Waals surface area contributed by atoms with E-state index < -0.39 is 0 Å². The van der Waals surface area contributed by atoms with Crippen LogP contribution >= 0.6 is 0 Å². The molecule has 3 aromatic rings. The molecule has 0 fully saturated rings. The summed E-state index contributed by atoms with van der Waals surface area (Å²) in [7, 11) is 0. The van der Waals surface area contributed by atoms with Gasteiger partial charge in [-0.15, -0.1) is 0 Å². The normalized spacial score (nSPS) is 10.4. The highest BCUT2D eigenvalue weighted by Gasteiger charge is 2.09. The summed E-state index contributed by atoms with van der Waals surface area (Å²) in [6.45, 7) is 2.08. The molecule has 3 rings (SSSR count). The molecule has 0 aliphatic heterocycles. The van der Waals surface area contributed by atoms with Crippen LogP contribution in [0.1, 0.15) is 27.3 Å². The second-order valence-electron chi connectivity index (χ2n) is 4.80. The van der Waals surface area contributed by atoms with Gasteiger partial charge in [-0.05, 0) is 31.2 Å². The molecule has 2 aromatic carbocycles. The summed E-state index contributed by atoms with van der Waals surface area (Å²) < 4.78 is 10.2. The van der Waals surface area contributed by atoms with Crippen molar-refractivity contribution in [3.63, 3.8) is 0 Å². The molecule has 0 unspecified atom stereocenters. The molecular formula is C17H14N2O3.